The van der Waals surface area contributed by atoms with Gasteiger partial charge in [-0.15, -0.1) is 0 Å². The molecule has 2 aliphatic rings. The van der Waals surface area contributed by atoms with Crippen LogP contribution in [-0.4, -0.2) is 51.9 Å². The monoisotopic (exact) mass is 327 g/mol. The van der Waals surface area contributed by atoms with Crippen LogP contribution in [0.3, 0.4) is 0 Å². The van der Waals surface area contributed by atoms with Crippen LogP contribution in [0.1, 0.15) is 28.9 Å². The van der Waals surface area contributed by atoms with Gasteiger partial charge < -0.3 is 9.80 Å². The Bertz CT molecular complexity index is 742. The molecule has 0 aliphatic carbocycles. The maximum absolute atomic E-state index is 14.8. The van der Waals surface area contributed by atoms with Crippen molar-refractivity contribution in [2.24, 2.45) is 0 Å². The highest BCUT2D eigenvalue weighted by Crippen LogP contribution is 2.36. The molecule has 2 saturated heterocycles. The molecule has 0 aromatic carbocycles. The number of rotatable bonds is 3. The third-order valence-corrected chi connectivity index (χ3v) is 4.60. The van der Waals surface area contributed by atoms with Crippen molar-refractivity contribution in [2.75, 3.05) is 31.1 Å². The van der Waals surface area contributed by atoms with Gasteiger partial charge in [-0.3, -0.25) is 9.78 Å². The fraction of sp³-hybridized carbons (Fsp3) is 0.412. The van der Waals surface area contributed by atoms with Gasteiger partial charge in [0, 0.05) is 37.2 Å². The lowest BCUT2D eigenvalue weighted by Crippen LogP contribution is -2.59. The lowest BCUT2D eigenvalue weighted by atomic mass is 9.89. The molecule has 0 spiro atoms. The molecule has 0 N–H and O–H groups in total. The summed E-state index contributed by atoms with van der Waals surface area (Å²) < 4.78 is 14.8. The molecule has 0 bridgehead atoms. The van der Waals surface area contributed by atoms with E-state index in [0.717, 1.165) is 25.9 Å². The fourth-order valence-electron chi connectivity index (χ4n) is 3.21. The van der Waals surface area contributed by atoms with E-state index in [2.05, 4.69) is 19.9 Å². The third kappa shape index (κ3) is 2.60. The van der Waals surface area contributed by atoms with Gasteiger partial charge in [0.2, 0.25) is 5.95 Å². The van der Waals surface area contributed by atoms with Crippen molar-refractivity contribution in [3.63, 3.8) is 0 Å². The van der Waals surface area contributed by atoms with E-state index in [4.69, 9.17) is 0 Å². The predicted molar refractivity (Wildman–Crippen MR) is 86.4 cm³/mol. The zero-order chi connectivity index (χ0) is 16.6. The number of likely N-dealkylation sites (tertiary alicyclic amines) is 1. The standard InChI is InChI=1S/C17H18FN5O/c18-17(13-4-3-6-19-10-13)11-23(12-17)15(24)14-5-7-20-16(21-14)22-8-1-2-9-22/h3-7,10H,1-2,8-9,11-12H2. The number of nitrogens with zero attached hydrogens (tertiary/aromatic N) is 5. The first-order valence-electron chi connectivity index (χ1n) is 8.12. The molecule has 0 atom stereocenters. The molecule has 6 nitrogen and oxygen atoms in total. The largest absolute Gasteiger partial charge is 0.341 e. The van der Waals surface area contributed by atoms with Crippen LogP contribution in [0.25, 0.3) is 0 Å². The van der Waals surface area contributed by atoms with Crippen molar-refractivity contribution in [1.82, 2.24) is 19.9 Å². The molecule has 1 amide bonds. The minimum absolute atomic E-state index is 0.0284. The van der Waals surface area contributed by atoms with Gasteiger partial charge in [0.15, 0.2) is 5.67 Å². The van der Waals surface area contributed by atoms with Gasteiger partial charge in [-0.25, -0.2) is 14.4 Å². The molecule has 4 heterocycles. The number of hydrogen-bond donors (Lipinski definition) is 0. The van der Waals surface area contributed by atoms with Crippen LogP contribution in [0.15, 0.2) is 36.8 Å². The number of pyridine rings is 1. The molecule has 2 aromatic heterocycles. The molecule has 2 aromatic rings. The van der Waals surface area contributed by atoms with E-state index in [1.165, 1.54) is 11.1 Å². The van der Waals surface area contributed by atoms with Gasteiger partial charge in [0.25, 0.3) is 5.91 Å². The summed E-state index contributed by atoms with van der Waals surface area (Å²) in [6.45, 7) is 1.88. The van der Waals surface area contributed by atoms with E-state index in [1.807, 2.05) is 0 Å². The number of hydrogen-bond acceptors (Lipinski definition) is 5. The van der Waals surface area contributed by atoms with Gasteiger partial charge in [0.05, 0.1) is 13.1 Å². The maximum Gasteiger partial charge on any atom is 0.272 e. The van der Waals surface area contributed by atoms with E-state index in [-0.39, 0.29) is 19.0 Å². The molecule has 124 valence electrons. The molecule has 0 saturated carbocycles. The Morgan fingerprint density at radius 3 is 2.67 bits per heavy atom. The van der Waals surface area contributed by atoms with Crippen LogP contribution < -0.4 is 4.90 Å². The Labute approximate surface area is 139 Å². The summed E-state index contributed by atoms with van der Waals surface area (Å²) in [5.74, 6) is 0.327. The zero-order valence-corrected chi connectivity index (χ0v) is 13.2. The zero-order valence-electron chi connectivity index (χ0n) is 13.2. The third-order valence-electron chi connectivity index (χ3n) is 4.60. The summed E-state index contributed by atoms with van der Waals surface area (Å²) in [5, 5.41) is 0. The van der Waals surface area contributed by atoms with E-state index >= 15 is 0 Å². The number of anilines is 1. The second-order valence-electron chi connectivity index (χ2n) is 6.30. The van der Waals surface area contributed by atoms with Crippen LogP contribution in [0.2, 0.25) is 0 Å². The van der Waals surface area contributed by atoms with Gasteiger partial charge >= 0.3 is 0 Å². The summed E-state index contributed by atoms with van der Waals surface area (Å²) in [5.41, 5.74) is -0.691. The lowest BCUT2D eigenvalue weighted by Gasteiger charge is -2.44. The lowest BCUT2D eigenvalue weighted by molar-refractivity contribution is -0.0236. The van der Waals surface area contributed by atoms with Gasteiger partial charge in [-0.05, 0) is 25.0 Å². The number of carbonyl (C=O) groups is 1. The summed E-state index contributed by atoms with van der Waals surface area (Å²) >= 11 is 0. The Morgan fingerprint density at radius 2 is 1.96 bits per heavy atom. The highest BCUT2D eigenvalue weighted by atomic mass is 19.1. The molecular weight excluding hydrogens is 309 g/mol. The highest BCUT2D eigenvalue weighted by Gasteiger charge is 2.47. The van der Waals surface area contributed by atoms with Crippen LogP contribution >= 0.6 is 0 Å². The second-order valence-corrected chi connectivity index (χ2v) is 6.30. The van der Waals surface area contributed by atoms with Gasteiger partial charge in [0.1, 0.15) is 5.69 Å². The number of aromatic nitrogens is 3. The summed E-state index contributed by atoms with van der Waals surface area (Å²) in [7, 11) is 0. The Morgan fingerprint density at radius 1 is 1.17 bits per heavy atom. The van der Waals surface area contributed by atoms with E-state index < -0.39 is 5.67 Å². The van der Waals surface area contributed by atoms with Crippen LogP contribution in [0.4, 0.5) is 10.3 Å². The first-order chi connectivity index (χ1) is 11.7. The van der Waals surface area contributed by atoms with Crippen molar-refractivity contribution in [2.45, 2.75) is 18.5 Å². The SMILES string of the molecule is O=C(c1ccnc(N2CCCC2)n1)N1CC(F)(c2cccnc2)C1. The Balaban J connectivity index is 1.47. The molecule has 0 radical (unpaired) electrons. The normalized spacial score (nSPS) is 19.2. The molecule has 24 heavy (non-hydrogen) atoms. The first kappa shape index (κ1) is 15.0. The number of halogens is 1. The minimum Gasteiger partial charge on any atom is -0.341 e. The highest BCUT2D eigenvalue weighted by molar-refractivity contribution is 5.93. The predicted octanol–water partition coefficient (Wildman–Crippen LogP) is 1.79. The smallest absolute Gasteiger partial charge is 0.272 e. The second kappa shape index (κ2) is 5.81. The van der Waals surface area contributed by atoms with E-state index in [0.29, 0.717) is 17.2 Å². The van der Waals surface area contributed by atoms with Crippen molar-refractivity contribution in [3.8, 4) is 0 Å². The van der Waals surface area contributed by atoms with E-state index in [1.54, 1.807) is 30.6 Å². The maximum atomic E-state index is 14.8. The molecule has 2 aliphatic heterocycles. The van der Waals surface area contributed by atoms with Crippen LogP contribution in [0, 0.1) is 0 Å². The quantitative estimate of drug-likeness (QED) is 0.860. The number of amides is 1. The van der Waals surface area contributed by atoms with Crippen molar-refractivity contribution >= 4 is 11.9 Å². The number of carbonyl (C=O) groups excluding carboxylic acids is 1. The average Bonchev–Trinajstić information content (AvgIpc) is 3.14. The fourth-order valence-corrected chi connectivity index (χ4v) is 3.21. The molecule has 7 heteroatoms. The Kier molecular flexibility index (Phi) is 3.63. The van der Waals surface area contributed by atoms with Crippen molar-refractivity contribution in [1.29, 1.82) is 0 Å². The first-order valence-corrected chi connectivity index (χ1v) is 8.12. The van der Waals surface area contributed by atoms with Crippen molar-refractivity contribution < 1.29 is 9.18 Å². The summed E-state index contributed by atoms with van der Waals surface area (Å²) in [6, 6.07) is 4.99. The van der Waals surface area contributed by atoms with E-state index in [9.17, 15) is 9.18 Å². The van der Waals surface area contributed by atoms with Crippen LogP contribution in [0.5, 0.6) is 0 Å². The molecular formula is C17H18FN5O. The summed E-state index contributed by atoms with van der Waals surface area (Å²) in [6.07, 6.45) is 6.94. The molecule has 4 rings (SSSR count). The molecule has 0 unspecified atom stereocenters. The van der Waals surface area contributed by atoms with Gasteiger partial charge in [-0.1, -0.05) is 6.07 Å². The van der Waals surface area contributed by atoms with Crippen LogP contribution in [-0.2, 0) is 5.67 Å². The Hall–Kier alpha value is -2.57. The molecule has 2 fully saturated rings. The minimum atomic E-state index is -1.52. The topological polar surface area (TPSA) is 62.2 Å². The average molecular weight is 327 g/mol. The van der Waals surface area contributed by atoms with Gasteiger partial charge in [-0.2, -0.15) is 0 Å². The number of alkyl halides is 1. The summed E-state index contributed by atoms with van der Waals surface area (Å²) in [4.78, 5) is 28.7. The van der Waals surface area contributed by atoms with Crippen molar-refractivity contribution in [3.05, 3.63) is 48.0 Å².